The molecule has 0 aromatic rings. The molecule has 0 aliphatic heterocycles. The summed E-state index contributed by atoms with van der Waals surface area (Å²) in [6.07, 6.45) is 17.5. The Morgan fingerprint density at radius 1 is 0.821 bits per heavy atom. The van der Waals surface area contributed by atoms with E-state index in [0.717, 1.165) is 12.8 Å². The predicted molar refractivity (Wildman–Crippen MR) is 124 cm³/mol. The van der Waals surface area contributed by atoms with Crippen molar-refractivity contribution in [3.63, 3.8) is 0 Å². The van der Waals surface area contributed by atoms with Crippen molar-refractivity contribution < 1.29 is 9.90 Å². The number of hydrogen-bond donors (Lipinski definition) is 3. The van der Waals surface area contributed by atoms with Gasteiger partial charge in [-0.2, -0.15) is 0 Å². The Bertz CT molecular complexity index is 353. The molecule has 0 saturated heterocycles. The third-order valence-corrected chi connectivity index (χ3v) is 5.57. The van der Waals surface area contributed by atoms with Crippen molar-refractivity contribution in [1.29, 1.82) is 0 Å². The van der Waals surface area contributed by atoms with E-state index in [-0.39, 0.29) is 30.3 Å². The van der Waals surface area contributed by atoms with Crippen LogP contribution in [0, 0.1) is 5.92 Å². The first-order chi connectivity index (χ1) is 12.9. The van der Waals surface area contributed by atoms with E-state index in [9.17, 15) is 9.90 Å². The molecule has 0 aromatic heterocycles. The number of unbranched alkanes of at least 4 members (excludes halogenated alkanes) is 12. The van der Waals surface area contributed by atoms with Crippen LogP contribution in [0.5, 0.6) is 0 Å². The molecule has 0 bridgehead atoms. The summed E-state index contributed by atoms with van der Waals surface area (Å²) in [4.78, 5) is 11.9. The number of amides is 1. The lowest BCUT2D eigenvalue weighted by Gasteiger charge is -2.23. The van der Waals surface area contributed by atoms with Gasteiger partial charge in [0.25, 0.3) is 0 Å². The molecule has 0 saturated carbocycles. The van der Waals surface area contributed by atoms with E-state index in [1.165, 1.54) is 77.0 Å². The molecule has 0 aliphatic carbocycles. The van der Waals surface area contributed by atoms with E-state index in [1.54, 1.807) is 0 Å². The number of carbonyl (C=O) groups is 1. The lowest BCUT2D eigenvalue weighted by Crippen LogP contribution is -2.50. The Balaban J connectivity index is 0. The van der Waals surface area contributed by atoms with Gasteiger partial charge in [-0.15, -0.1) is 12.4 Å². The Hall–Kier alpha value is -0.320. The number of nitrogens with two attached hydrogens (primary N) is 1. The largest absolute Gasteiger partial charge is 0.391 e. The van der Waals surface area contributed by atoms with E-state index in [1.807, 2.05) is 20.8 Å². The number of carbonyl (C=O) groups excluding carboxylic acids is 1. The first kappa shape index (κ1) is 29.9. The maximum absolute atomic E-state index is 11.9. The van der Waals surface area contributed by atoms with Crippen LogP contribution >= 0.6 is 12.4 Å². The van der Waals surface area contributed by atoms with Crippen LogP contribution in [-0.2, 0) is 4.79 Å². The number of aliphatic hydroxyl groups excluding tert-OH is 1. The second-order valence-electron chi connectivity index (χ2n) is 8.67. The molecule has 0 rings (SSSR count). The van der Waals surface area contributed by atoms with E-state index in [0.29, 0.717) is 0 Å². The minimum Gasteiger partial charge on any atom is -0.391 e. The van der Waals surface area contributed by atoms with Crippen molar-refractivity contribution >= 4 is 18.3 Å². The molecule has 3 atom stereocenters. The third-order valence-electron chi connectivity index (χ3n) is 5.57. The highest BCUT2D eigenvalue weighted by atomic mass is 35.5. The minimum atomic E-state index is -0.504. The average Bonchev–Trinajstić information content (AvgIpc) is 2.64. The van der Waals surface area contributed by atoms with Gasteiger partial charge in [0.05, 0.1) is 18.2 Å². The smallest absolute Gasteiger partial charge is 0.237 e. The first-order valence-corrected chi connectivity index (χ1v) is 11.6. The zero-order valence-electron chi connectivity index (χ0n) is 19.0. The Kier molecular flexibility index (Phi) is 21.3. The van der Waals surface area contributed by atoms with Crippen molar-refractivity contribution in [3.05, 3.63) is 0 Å². The molecule has 0 aromatic carbocycles. The van der Waals surface area contributed by atoms with Crippen LogP contribution in [0.25, 0.3) is 0 Å². The number of hydrogen-bond acceptors (Lipinski definition) is 3. The molecule has 0 fully saturated rings. The van der Waals surface area contributed by atoms with Crippen LogP contribution in [0.2, 0.25) is 0 Å². The van der Waals surface area contributed by atoms with E-state index in [4.69, 9.17) is 5.73 Å². The molecule has 1 amide bonds. The van der Waals surface area contributed by atoms with Gasteiger partial charge in [-0.3, -0.25) is 4.79 Å². The highest BCUT2D eigenvalue weighted by Crippen LogP contribution is 2.14. The highest BCUT2D eigenvalue weighted by Gasteiger charge is 2.22. The fourth-order valence-electron chi connectivity index (χ4n) is 3.34. The molecule has 0 radical (unpaired) electrons. The fourth-order valence-corrected chi connectivity index (χ4v) is 3.34. The van der Waals surface area contributed by atoms with Gasteiger partial charge in [0.2, 0.25) is 5.91 Å². The lowest BCUT2D eigenvalue weighted by molar-refractivity contribution is -0.124. The minimum absolute atomic E-state index is 0. The summed E-state index contributed by atoms with van der Waals surface area (Å²) in [5.74, 6) is -0.0580. The lowest BCUT2D eigenvalue weighted by atomic mass is 10.0. The van der Waals surface area contributed by atoms with E-state index in [2.05, 4.69) is 12.2 Å². The monoisotopic (exact) mass is 420 g/mol. The summed E-state index contributed by atoms with van der Waals surface area (Å²) < 4.78 is 0. The Morgan fingerprint density at radius 2 is 1.21 bits per heavy atom. The standard InChI is InChI=1S/C23H48N2O2.ClH/c1-5-6-7-8-9-10-11-12-13-14-15-16-17-18-21(26)20(4)25-23(27)22(24)19(2)3;/h19-22,26H,5-18,24H2,1-4H3,(H,25,27);1H/t20-,21+,22-;/m0./s1. The van der Waals surface area contributed by atoms with E-state index < -0.39 is 12.1 Å². The van der Waals surface area contributed by atoms with Gasteiger partial charge in [0, 0.05) is 0 Å². The van der Waals surface area contributed by atoms with Crippen LogP contribution in [0.4, 0.5) is 0 Å². The second-order valence-corrected chi connectivity index (χ2v) is 8.67. The molecule has 0 spiro atoms. The Morgan fingerprint density at radius 3 is 1.61 bits per heavy atom. The number of halogens is 1. The van der Waals surface area contributed by atoms with Crippen molar-refractivity contribution in [2.45, 2.75) is 136 Å². The third kappa shape index (κ3) is 16.6. The van der Waals surface area contributed by atoms with Gasteiger partial charge < -0.3 is 16.2 Å². The molecule has 5 heteroatoms. The van der Waals surface area contributed by atoms with Crippen LogP contribution in [0.15, 0.2) is 0 Å². The van der Waals surface area contributed by atoms with Crippen LogP contribution in [0.3, 0.4) is 0 Å². The second kappa shape index (κ2) is 20.0. The zero-order chi connectivity index (χ0) is 20.5. The van der Waals surface area contributed by atoms with Gasteiger partial charge in [-0.25, -0.2) is 0 Å². The SMILES string of the molecule is CCCCCCCCCCCCCCC[C@@H](O)[C@H](C)NC(=O)[C@@H](N)C(C)C.Cl. The van der Waals surface area contributed by atoms with Gasteiger partial charge >= 0.3 is 0 Å². The molecular weight excluding hydrogens is 372 g/mol. The Labute approximate surface area is 181 Å². The molecule has 4 N–H and O–H groups in total. The maximum atomic E-state index is 11.9. The van der Waals surface area contributed by atoms with Gasteiger partial charge in [-0.05, 0) is 19.3 Å². The number of nitrogens with one attached hydrogen (secondary N) is 1. The van der Waals surface area contributed by atoms with Crippen molar-refractivity contribution in [2.24, 2.45) is 11.7 Å². The molecule has 0 heterocycles. The zero-order valence-corrected chi connectivity index (χ0v) is 19.9. The topological polar surface area (TPSA) is 75.3 Å². The number of aliphatic hydroxyl groups is 1. The predicted octanol–water partition coefficient (Wildman–Crippen LogP) is 5.74. The summed E-state index contributed by atoms with van der Waals surface area (Å²) in [5, 5.41) is 13.1. The summed E-state index contributed by atoms with van der Waals surface area (Å²) in [6.45, 7) is 7.98. The molecular formula is C23H49ClN2O2. The first-order valence-electron chi connectivity index (χ1n) is 11.6. The van der Waals surface area contributed by atoms with E-state index >= 15 is 0 Å². The van der Waals surface area contributed by atoms with Crippen LogP contribution < -0.4 is 11.1 Å². The summed E-state index contributed by atoms with van der Waals surface area (Å²) >= 11 is 0. The summed E-state index contributed by atoms with van der Waals surface area (Å²) in [5.41, 5.74) is 5.84. The molecule has 0 aliphatic rings. The van der Waals surface area contributed by atoms with Gasteiger partial charge in [0.1, 0.15) is 0 Å². The molecule has 0 unspecified atom stereocenters. The van der Waals surface area contributed by atoms with Crippen LogP contribution in [0.1, 0.15) is 118 Å². The van der Waals surface area contributed by atoms with Gasteiger partial charge in [-0.1, -0.05) is 104 Å². The average molecular weight is 421 g/mol. The maximum Gasteiger partial charge on any atom is 0.237 e. The highest BCUT2D eigenvalue weighted by molar-refractivity contribution is 5.85. The van der Waals surface area contributed by atoms with Crippen LogP contribution in [-0.4, -0.2) is 29.2 Å². The summed E-state index contributed by atoms with van der Waals surface area (Å²) in [7, 11) is 0. The molecule has 4 nitrogen and oxygen atoms in total. The fraction of sp³-hybridized carbons (Fsp3) is 0.957. The summed E-state index contributed by atoms with van der Waals surface area (Å²) in [6, 6.07) is -0.740. The molecule has 28 heavy (non-hydrogen) atoms. The van der Waals surface area contributed by atoms with Crippen molar-refractivity contribution in [3.8, 4) is 0 Å². The van der Waals surface area contributed by atoms with Gasteiger partial charge in [0.15, 0.2) is 0 Å². The quantitative estimate of drug-likeness (QED) is 0.247. The normalized spacial score (nSPS) is 14.4. The van der Waals surface area contributed by atoms with Crippen molar-refractivity contribution in [1.82, 2.24) is 5.32 Å². The molecule has 170 valence electrons. The number of rotatable bonds is 18. The van der Waals surface area contributed by atoms with Crippen molar-refractivity contribution in [2.75, 3.05) is 0 Å².